The highest BCUT2D eigenvalue weighted by Gasteiger charge is 2.22. The van der Waals surface area contributed by atoms with Crippen molar-refractivity contribution < 1.29 is 17.9 Å². The van der Waals surface area contributed by atoms with Crippen LogP contribution < -0.4 is 9.47 Å². The lowest BCUT2D eigenvalue weighted by Gasteiger charge is -2.19. The van der Waals surface area contributed by atoms with Crippen LogP contribution in [0.5, 0.6) is 11.5 Å². The van der Waals surface area contributed by atoms with E-state index in [1.54, 1.807) is 19.2 Å². The van der Waals surface area contributed by atoms with Crippen LogP contribution in [0.15, 0.2) is 53.4 Å². The molecule has 0 aromatic heterocycles. The van der Waals surface area contributed by atoms with Crippen LogP contribution in [0.4, 0.5) is 0 Å². The predicted octanol–water partition coefficient (Wildman–Crippen LogP) is 3.30. The molecule has 0 aliphatic rings. The van der Waals surface area contributed by atoms with E-state index in [9.17, 15) is 8.42 Å². The molecule has 0 saturated heterocycles. The van der Waals surface area contributed by atoms with Gasteiger partial charge in [0.25, 0.3) is 0 Å². The Balaban J connectivity index is 2.29. The van der Waals surface area contributed by atoms with Crippen molar-refractivity contribution in [1.82, 2.24) is 4.31 Å². The molecule has 0 N–H and O–H groups in total. The molecule has 0 atom stereocenters. The summed E-state index contributed by atoms with van der Waals surface area (Å²) in [5.74, 6) is 0.984. The highest BCUT2D eigenvalue weighted by atomic mass is 32.2. The van der Waals surface area contributed by atoms with Gasteiger partial charge in [-0.25, -0.2) is 8.42 Å². The summed E-state index contributed by atoms with van der Waals surface area (Å²) >= 11 is 0. The minimum absolute atomic E-state index is 0.188. The SMILES string of the molecule is CCOc1ccc(S(=O)(=O)N(C)Cc2ccccc2)cc1OCC. The molecule has 2 rings (SSSR count). The van der Waals surface area contributed by atoms with Crippen molar-refractivity contribution in [1.29, 1.82) is 0 Å². The number of rotatable bonds is 8. The van der Waals surface area contributed by atoms with Gasteiger partial charge in [0.2, 0.25) is 10.0 Å². The maximum atomic E-state index is 12.8. The summed E-state index contributed by atoms with van der Waals surface area (Å²) in [7, 11) is -2.04. The summed E-state index contributed by atoms with van der Waals surface area (Å²) in [4.78, 5) is 0.188. The Morgan fingerprint density at radius 1 is 0.917 bits per heavy atom. The molecule has 2 aromatic carbocycles. The second-order valence-electron chi connectivity index (χ2n) is 5.22. The third-order valence-electron chi connectivity index (χ3n) is 3.47. The van der Waals surface area contributed by atoms with Crippen molar-refractivity contribution in [3.63, 3.8) is 0 Å². The van der Waals surface area contributed by atoms with E-state index in [-0.39, 0.29) is 4.90 Å². The minimum atomic E-state index is -3.61. The highest BCUT2D eigenvalue weighted by Crippen LogP contribution is 2.31. The molecule has 5 nitrogen and oxygen atoms in total. The number of benzene rings is 2. The lowest BCUT2D eigenvalue weighted by Crippen LogP contribution is -2.26. The van der Waals surface area contributed by atoms with Crippen LogP contribution in [0.3, 0.4) is 0 Å². The summed E-state index contributed by atoms with van der Waals surface area (Å²) in [5.41, 5.74) is 0.930. The van der Waals surface area contributed by atoms with Gasteiger partial charge >= 0.3 is 0 Å². The van der Waals surface area contributed by atoms with Gasteiger partial charge in [0.1, 0.15) is 0 Å². The molecular formula is C18H23NO4S. The van der Waals surface area contributed by atoms with E-state index in [2.05, 4.69) is 0 Å². The first-order valence-electron chi connectivity index (χ1n) is 7.89. The zero-order valence-corrected chi connectivity index (χ0v) is 15.0. The van der Waals surface area contributed by atoms with Gasteiger partial charge in [-0.05, 0) is 31.5 Å². The fraction of sp³-hybridized carbons (Fsp3) is 0.333. The zero-order valence-electron chi connectivity index (χ0n) is 14.2. The van der Waals surface area contributed by atoms with Crippen LogP contribution >= 0.6 is 0 Å². The monoisotopic (exact) mass is 349 g/mol. The largest absolute Gasteiger partial charge is 0.490 e. The van der Waals surface area contributed by atoms with Gasteiger partial charge in [0.05, 0.1) is 18.1 Å². The van der Waals surface area contributed by atoms with Crippen LogP contribution in [0.2, 0.25) is 0 Å². The first-order chi connectivity index (χ1) is 11.5. The fourth-order valence-corrected chi connectivity index (χ4v) is 3.47. The van der Waals surface area contributed by atoms with Crippen molar-refractivity contribution in [3.05, 3.63) is 54.1 Å². The Kier molecular flexibility index (Phi) is 6.23. The van der Waals surface area contributed by atoms with Gasteiger partial charge < -0.3 is 9.47 Å². The van der Waals surface area contributed by atoms with E-state index in [1.807, 2.05) is 44.2 Å². The summed E-state index contributed by atoms with van der Waals surface area (Å²) in [6.45, 7) is 4.94. The highest BCUT2D eigenvalue weighted by molar-refractivity contribution is 7.89. The van der Waals surface area contributed by atoms with Crippen LogP contribution in [0.1, 0.15) is 19.4 Å². The quantitative estimate of drug-likeness (QED) is 0.734. The summed E-state index contributed by atoms with van der Waals surface area (Å²) in [6, 6.07) is 14.2. The van der Waals surface area contributed by atoms with Crippen molar-refractivity contribution in [2.75, 3.05) is 20.3 Å². The average Bonchev–Trinajstić information content (AvgIpc) is 2.57. The number of ether oxygens (including phenoxy) is 2. The van der Waals surface area contributed by atoms with Gasteiger partial charge in [0, 0.05) is 19.7 Å². The Morgan fingerprint density at radius 2 is 1.54 bits per heavy atom. The fourth-order valence-electron chi connectivity index (χ4n) is 2.30. The second kappa shape index (κ2) is 8.17. The van der Waals surface area contributed by atoms with E-state index < -0.39 is 10.0 Å². The third-order valence-corrected chi connectivity index (χ3v) is 5.27. The molecule has 0 saturated carbocycles. The second-order valence-corrected chi connectivity index (χ2v) is 7.27. The molecule has 130 valence electrons. The normalized spacial score (nSPS) is 11.5. The molecule has 0 amide bonds. The maximum absolute atomic E-state index is 12.8. The Morgan fingerprint density at radius 3 is 2.17 bits per heavy atom. The first-order valence-corrected chi connectivity index (χ1v) is 9.33. The molecule has 0 aliphatic carbocycles. The molecule has 0 heterocycles. The Labute approximate surface area is 143 Å². The number of nitrogens with zero attached hydrogens (tertiary/aromatic N) is 1. The molecule has 0 radical (unpaired) electrons. The average molecular weight is 349 g/mol. The number of hydrogen-bond donors (Lipinski definition) is 0. The molecule has 0 spiro atoms. The van der Waals surface area contributed by atoms with Gasteiger partial charge in [-0.1, -0.05) is 30.3 Å². The van der Waals surface area contributed by atoms with Crippen LogP contribution in [0.25, 0.3) is 0 Å². The zero-order chi connectivity index (χ0) is 17.6. The van der Waals surface area contributed by atoms with Gasteiger partial charge in [-0.2, -0.15) is 4.31 Å². The van der Waals surface area contributed by atoms with E-state index in [4.69, 9.17) is 9.47 Å². The molecule has 6 heteroatoms. The maximum Gasteiger partial charge on any atom is 0.243 e. The van der Waals surface area contributed by atoms with Gasteiger partial charge in [-0.15, -0.1) is 0 Å². The predicted molar refractivity (Wildman–Crippen MR) is 93.9 cm³/mol. The molecule has 24 heavy (non-hydrogen) atoms. The van der Waals surface area contributed by atoms with Gasteiger partial charge in [-0.3, -0.25) is 0 Å². The summed E-state index contributed by atoms with van der Waals surface area (Å²) in [5, 5.41) is 0. The lowest BCUT2D eigenvalue weighted by atomic mass is 10.2. The van der Waals surface area contributed by atoms with Crippen molar-refractivity contribution in [2.45, 2.75) is 25.3 Å². The van der Waals surface area contributed by atoms with Crippen LogP contribution in [-0.4, -0.2) is 33.0 Å². The molecule has 0 fully saturated rings. The third kappa shape index (κ3) is 4.27. The van der Waals surface area contributed by atoms with Crippen LogP contribution in [0, 0.1) is 0 Å². The standard InChI is InChI=1S/C18H23NO4S/c1-4-22-17-12-11-16(13-18(17)23-5-2)24(20,21)19(3)14-15-9-7-6-8-10-15/h6-13H,4-5,14H2,1-3H3. The van der Waals surface area contributed by atoms with E-state index >= 15 is 0 Å². The molecule has 0 aliphatic heterocycles. The van der Waals surface area contributed by atoms with Gasteiger partial charge in [0.15, 0.2) is 11.5 Å². The summed E-state index contributed by atoms with van der Waals surface area (Å²) in [6.07, 6.45) is 0. The topological polar surface area (TPSA) is 55.8 Å². The minimum Gasteiger partial charge on any atom is -0.490 e. The lowest BCUT2D eigenvalue weighted by molar-refractivity contribution is 0.287. The molecule has 0 unspecified atom stereocenters. The van der Waals surface area contributed by atoms with Crippen molar-refractivity contribution in [3.8, 4) is 11.5 Å². The molecular weight excluding hydrogens is 326 g/mol. The number of hydrogen-bond acceptors (Lipinski definition) is 4. The van der Waals surface area contributed by atoms with E-state index in [1.165, 1.54) is 10.4 Å². The van der Waals surface area contributed by atoms with Crippen molar-refractivity contribution in [2.24, 2.45) is 0 Å². The smallest absolute Gasteiger partial charge is 0.243 e. The Hall–Kier alpha value is -2.05. The molecule has 0 bridgehead atoms. The first kappa shape index (κ1) is 18.3. The van der Waals surface area contributed by atoms with Crippen LogP contribution in [-0.2, 0) is 16.6 Å². The Bertz CT molecular complexity index is 760. The summed E-state index contributed by atoms with van der Waals surface area (Å²) < 4.78 is 37.9. The van der Waals surface area contributed by atoms with E-state index in [0.717, 1.165) is 5.56 Å². The molecule has 2 aromatic rings. The van der Waals surface area contributed by atoms with E-state index in [0.29, 0.717) is 31.3 Å². The van der Waals surface area contributed by atoms with Crippen molar-refractivity contribution >= 4 is 10.0 Å². The number of sulfonamides is 1.